The van der Waals surface area contributed by atoms with E-state index in [4.69, 9.17) is 0 Å². The van der Waals surface area contributed by atoms with Gasteiger partial charge in [0.25, 0.3) is 11.5 Å². The van der Waals surface area contributed by atoms with Crippen LogP contribution in [0.1, 0.15) is 54.7 Å². The van der Waals surface area contributed by atoms with Gasteiger partial charge in [0.2, 0.25) is 0 Å². The molecule has 0 atom stereocenters. The van der Waals surface area contributed by atoms with Crippen molar-refractivity contribution in [3.05, 3.63) is 33.2 Å². The number of fused-ring (bicyclic) bond motifs is 1. The van der Waals surface area contributed by atoms with E-state index in [1.54, 1.807) is 6.07 Å². The van der Waals surface area contributed by atoms with Gasteiger partial charge in [0, 0.05) is 12.2 Å². The lowest BCUT2D eigenvalue weighted by atomic mass is 9.95. The van der Waals surface area contributed by atoms with Crippen LogP contribution in [0.15, 0.2) is 10.9 Å². The van der Waals surface area contributed by atoms with Crippen LogP contribution in [0.3, 0.4) is 0 Å². The number of nitrogens with one attached hydrogen (secondary N) is 2. The topological polar surface area (TPSA) is 62.0 Å². The first-order valence-electron chi connectivity index (χ1n) is 7.11. The minimum atomic E-state index is -0.261. The quantitative estimate of drug-likeness (QED) is 0.872. The number of carbonyl (C=O) groups excluding carboxylic acids is 1. The van der Waals surface area contributed by atoms with Gasteiger partial charge in [0.05, 0.1) is 0 Å². The van der Waals surface area contributed by atoms with Gasteiger partial charge in [-0.1, -0.05) is 13.8 Å². The zero-order valence-corrected chi connectivity index (χ0v) is 11.7. The van der Waals surface area contributed by atoms with Crippen molar-refractivity contribution in [2.45, 2.75) is 46.0 Å². The van der Waals surface area contributed by atoms with Gasteiger partial charge < -0.3 is 10.3 Å². The summed E-state index contributed by atoms with van der Waals surface area (Å²) in [7, 11) is 0. The van der Waals surface area contributed by atoms with E-state index < -0.39 is 0 Å². The predicted octanol–water partition coefficient (Wildman–Crippen LogP) is 2.03. The second-order valence-electron chi connectivity index (χ2n) is 5.66. The number of aromatic nitrogens is 1. The monoisotopic (exact) mass is 262 g/mol. The lowest BCUT2D eigenvalue weighted by Crippen LogP contribution is -2.32. The first-order chi connectivity index (χ1) is 9.08. The average molecular weight is 262 g/mol. The third kappa shape index (κ3) is 3.46. The molecule has 4 heteroatoms. The Morgan fingerprint density at radius 1 is 1.37 bits per heavy atom. The van der Waals surface area contributed by atoms with Crippen LogP contribution < -0.4 is 10.9 Å². The van der Waals surface area contributed by atoms with E-state index >= 15 is 0 Å². The number of H-pyrrole nitrogens is 1. The Labute approximate surface area is 113 Å². The van der Waals surface area contributed by atoms with Gasteiger partial charge in [-0.2, -0.15) is 0 Å². The van der Waals surface area contributed by atoms with Gasteiger partial charge in [-0.3, -0.25) is 9.59 Å². The molecule has 1 heterocycles. The Morgan fingerprint density at radius 2 is 2.11 bits per heavy atom. The summed E-state index contributed by atoms with van der Waals surface area (Å²) in [5.74, 6) is 0.289. The van der Waals surface area contributed by atoms with Gasteiger partial charge in [-0.15, -0.1) is 0 Å². The molecule has 104 valence electrons. The van der Waals surface area contributed by atoms with Crippen molar-refractivity contribution in [1.29, 1.82) is 0 Å². The van der Waals surface area contributed by atoms with Gasteiger partial charge >= 0.3 is 0 Å². The summed E-state index contributed by atoms with van der Waals surface area (Å²) in [5, 5.41) is 2.82. The molecule has 1 amide bonds. The molecule has 1 aliphatic carbocycles. The number of carbonyl (C=O) groups is 1. The summed E-state index contributed by atoms with van der Waals surface area (Å²) in [6.07, 6.45) is 5.04. The molecule has 0 saturated carbocycles. The summed E-state index contributed by atoms with van der Waals surface area (Å²) >= 11 is 0. The Kier molecular flexibility index (Phi) is 4.40. The lowest BCUT2D eigenvalue weighted by Gasteiger charge is -2.16. The molecule has 0 spiro atoms. The molecule has 0 saturated heterocycles. The van der Waals surface area contributed by atoms with Crippen molar-refractivity contribution in [2.24, 2.45) is 5.92 Å². The minimum absolute atomic E-state index is 0.254. The molecule has 2 N–H and O–H groups in total. The first kappa shape index (κ1) is 13.8. The molecular formula is C15H22N2O2. The van der Waals surface area contributed by atoms with E-state index in [-0.39, 0.29) is 17.0 Å². The second kappa shape index (κ2) is 6.04. The maximum Gasteiger partial charge on any atom is 0.261 e. The normalized spacial score (nSPS) is 14.3. The van der Waals surface area contributed by atoms with Crippen LogP contribution in [0.25, 0.3) is 0 Å². The summed E-state index contributed by atoms with van der Waals surface area (Å²) in [4.78, 5) is 26.8. The molecule has 0 bridgehead atoms. The number of rotatable bonds is 4. The molecule has 19 heavy (non-hydrogen) atoms. The first-order valence-corrected chi connectivity index (χ1v) is 7.11. The Hall–Kier alpha value is -1.58. The SMILES string of the molecule is CC(C)CCNC(=O)c1cc2c([nH]c1=O)CCCC2. The smallest absolute Gasteiger partial charge is 0.261 e. The molecule has 0 aliphatic heterocycles. The Morgan fingerprint density at radius 3 is 2.84 bits per heavy atom. The number of amides is 1. The lowest BCUT2D eigenvalue weighted by molar-refractivity contribution is 0.0950. The fraction of sp³-hybridized carbons (Fsp3) is 0.600. The third-order valence-electron chi connectivity index (χ3n) is 3.59. The number of hydrogen-bond donors (Lipinski definition) is 2. The molecule has 1 aromatic rings. The Balaban J connectivity index is 2.11. The molecule has 0 unspecified atom stereocenters. The van der Waals surface area contributed by atoms with Crippen molar-refractivity contribution in [3.8, 4) is 0 Å². The van der Waals surface area contributed by atoms with E-state index in [0.717, 1.165) is 43.4 Å². The molecule has 0 radical (unpaired) electrons. The number of aryl methyl sites for hydroxylation is 2. The van der Waals surface area contributed by atoms with Crippen LogP contribution in [0.4, 0.5) is 0 Å². The molecule has 1 aliphatic rings. The summed E-state index contributed by atoms with van der Waals surface area (Å²) < 4.78 is 0. The van der Waals surface area contributed by atoms with E-state index in [0.29, 0.717) is 12.5 Å². The zero-order chi connectivity index (χ0) is 13.8. The van der Waals surface area contributed by atoms with Crippen LogP contribution in [-0.2, 0) is 12.8 Å². The van der Waals surface area contributed by atoms with Crippen molar-refractivity contribution >= 4 is 5.91 Å². The molecule has 1 aromatic heterocycles. The average Bonchev–Trinajstić information content (AvgIpc) is 2.37. The molecule has 2 rings (SSSR count). The second-order valence-corrected chi connectivity index (χ2v) is 5.66. The van der Waals surface area contributed by atoms with E-state index in [1.165, 1.54) is 0 Å². The fourth-order valence-corrected chi connectivity index (χ4v) is 2.41. The summed E-state index contributed by atoms with van der Waals surface area (Å²) in [5.41, 5.74) is 2.13. The molecule has 0 fully saturated rings. The van der Waals surface area contributed by atoms with Crippen molar-refractivity contribution in [3.63, 3.8) is 0 Å². The van der Waals surface area contributed by atoms with Crippen LogP contribution >= 0.6 is 0 Å². The fourth-order valence-electron chi connectivity index (χ4n) is 2.41. The maximum atomic E-state index is 12.0. The van der Waals surface area contributed by atoms with Crippen LogP contribution in [0.2, 0.25) is 0 Å². The van der Waals surface area contributed by atoms with Gasteiger partial charge in [0.15, 0.2) is 0 Å². The van der Waals surface area contributed by atoms with E-state index in [1.807, 2.05) is 0 Å². The van der Waals surface area contributed by atoms with Crippen LogP contribution in [-0.4, -0.2) is 17.4 Å². The number of aromatic amines is 1. The van der Waals surface area contributed by atoms with Gasteiger partial charge in [0.1, 0.15) is 5.56 Å². The van der Waals surface area contributed by atoms with Crippen molar-refractivity contribution < 1.29 is 4.79 Å². The third-order valence-corrected chi connectivity index (χ3v) is 3.59. The highest BCUT2D eigenvalue weighted by Crippen LogP contribution is 2.18. The minimum Gasteiger partial charge on any atom is -0.352 e. The molecular weight excluding hydrogens is 240 g/mol. The molecule has 0 aromatic carbocycles. The van der Waals surface area contributed by atoms with Crippen LogP contribution in [0.5, 0.6) is 0 Å². The summed E-state index contributed by atoms with van der Waals surface area (Å²) in [6, 6.07) is 1.78. The Bertz CT molecular complexity index is 517. The highest BCUT2D eigenvalue weighted by atomic mass is 16.2. The standard InChI is InChI=1S/C15H22N2O2/c1-10(2)7-8-16-14(18)12-9-11-5-3-4-6-13(11)17-15(12)19/h9-10H,3-8H2,1-2H3,(H,16,18)(H,17,19). The van der Waals surface area contributed by atoms with Gasteiger partial charge in [-0.05, 0) is 49.7 Å². The van der Waals surface area contributed by atoms with Crippen LogP contribution in [0, 0.1) is 5.92 Å². The molecule has 4 nitrogen and oxygen atoms in total. The highest BCUT2D eigenvalue weighted by Gasteiger charge is 2.16. The van der Waals surface area contributed by atoms with Crippen molar-refractivity contribution in [1.82, 2.24) is 10.3 Å². The largest absolute Gasteiger partial charge is 0.352 e. The predicted molar refractivity (Wildman–Crippen MR) is 75.5 cm³/mol. The van der Waals surface area contributed by atoms with E-state index in [2.05, 4.69) is 24.1 Å². The summed E-state index contributed by atoms with van der Waals surface area (Å²) in [6.45, 7) is 4.84. The number of pyridine rings is 1. The zero-order valence-electron chi connectivity index (χ0n) is 11.7. The maximum absolute atomic E-state index is 12.0. The highest BCUT2D eigenvalue weighted by molar-refractivity contribution is 5.94. The van der Waals surface area contributed by atoms with Crippen molar-refractivity contribution in [2.75, 3.05) is 6.54 Å². The van der Waals surface area contributed by atoms with Gasteiger partial charge in [-0.25, -0.2) is 0 Å². The number of hydrogen-bond acceptors (Lipinski definition) is 2. The van der Waals surface area contributed by atoms with E-state index in [9.17, 15) is 9.59 Å².